The number of allylic oxidation sites excluding steroid dienone is 4. The van der Waals surface area contributed by atoms with E-state index in [0.717, 1.165) is 34.0 Å². The zero-order valence-electron chi connectivity index (χ0n) is 28.5. The van der Waals surface area contributed by atoms with Gasteiger partial charge >= 0.3 is 0 Å². The van der Waals surface area contributed by atoms with Crippen molar-refractivity contribution in [2.24, 2.45) is 5.92 Å². The van der Waals surface area contributed by atoms with Crippen molar-refractivity contribution in [2.75, 3.05) is 0 Å². The maximum Gasteiger partial charge on any atom is 0.172 e. The van der Waals surface area contributed by atoms with Crippen LogP contribution >= 0.6 is 0 Å². The highest BCUT2D eigenvalue weighted by Crippen LogP contribution is 2.51. The molecule has 0 spiro atoms. The molecule has 0 radical (unpaired) electrons. The molecular weight excluding hydrogens is 548 g/mol. The van der Waals surface area contributed by atoms with E-state index in [1.807, 2.05) is 39.0 Å². The van der Waals surface area contributed by atoms with E-state index < -0.39 is 0 Å². The van der Waals surface area contributed by atoms with Crippen molar-refractivity contribution in [3.63, 3.8) is 0 Å². The number of aryl methyl sites for hydroxylation is 1. The highest BCUT2D eigenvalue weighted by atomic mass is 16.5. The summed E-state index contributed by atoms with van der Waals surface area (Å²) < 4.78 is 5.88. The third-order valence-corrected chi connectivity index (χ3v) is 8.93. The zero-order valence-corrected chi connectivity index (χ0v) is 28.5. The van der Waals surface area contributed by atoms with E-state index in [1.165, 1.54) is 49.9 Å². The van der Waals surface area contributed by atoms with Gasteiger partial charge in [0.15, 0.2) is 5.75 Å². The van der Waals surface area contributed by atoms with Gasteiger partial charge in [-0.1, -0.05) is 120 Å². The lowest BCUT2D eigenvalue weighted by Crippen LogP contribution is -2.15. The van der Waals surface area contributed by atoms with Crippen LogP contribution in [0.1, 0.15) is 83.5 Å². The Morgan fingerprint density at radius 3 is 2.22 bits per heavy atom. The summed E-state index contributed by atoms with van der Waals surface area (Å²) in [6.45, 7) is 21.8. The zero-order chi connectivity index (χ0) is 32.5. The van der Waals surface area contributed by atoms with Crippen molar-refractivity contribution in [3.05, 3.63) is 125 Å². The van der Waals surface area contributed by atoms with Crippen molar-refractivity contribution in [1.29, 1.82) is 0 Å². The quantitative estimate of drug-likeness (QED) is 0.191. The topological polar surface area (TPSA) is 35.0 Å². The average molecular weight is 595 g/mol. The Morgan fingerprint density at radius 1 is 0.822 bits per heavy atom. The average Bonchev–Trinajstić information content (AvgIpc) is 3.27. The third kappa shape index (κ3) is 5.61. The molecule has 0 N–H and O–H groups in total. The lowest BCUT2D eigenvalue weighted by atomic mass is 9.80. The largest absolute Gasteiger partial charge is 0.453 e. The van der Waals surface area contributed by atoms with Gasteiger partial charge in [-0.15, -0.1) is 0 Å². The predicted octanol–water partition coefficient (Wildman–Crippen LogP) is 12.0. The number of fused-ring (bicyclic) bond motifs is 5. The van der Waals surface area contributed by atoms with E-state index in [4.69, 9.17) is 4.74 Å². The molecule has 0 fully saturated rings. The Hall–Kier alpha value is -4.50. The molecule has 0 amide bonds. The summed E-state index contributed by atoms with van der Waals surface area (Å²) in [7, 11) is 0. The molecule has 3 nitrogen and oxygen atoms in total. The molecule has 1 aliphatic heterocycles. The fourth-order valence-electron chi connectivity index (χ4n) is 7.02. The first-order chi connectivity index (χ1) is 21.6. The van der Waals surface area contributed by atoms with Crippen LogP contribution < -0.4 is 4.74 Å². The van der Waals surface area contributed by atoms with Crippen LogP contribution in [0.5, 0.6) is 11.5 Å². The second kappa shape index (κ2) is 12.9. The monoisotopic (exact) mass is 594 g/mol. The van der Waals surface area contributed by atoms with Gasteiger partial charge in [0.25, 0.3) is 0 Å². The molecule has 2 heterocycles. The molecule has 0 bridgehead atoms. The van der Waals surface area contributed by atoms with E-state index in [1.54, 1.807) is 6.20 Å². The molecule has 0 saturated heterocycles. The molecule has 5 aromatic rings. The Bertz CT molecular complexity index is 1940. The van der Waals surface area contributed by atoms with Gasteiger partial charge in [-0.3, -0.25) is 0 Å². The number of hydrogen-bond donors (Lipinski definition) is 0. The van der Waals surface area contributed by atoms with Gasteiger partial charge in [-0.2, -0.15) is 0 Å². The summed E-state index contributed by atoms with van der Waals surface area (Å²) in [5, 5.41) is 2.30. The minimum Gasteiger partial charge on any atom is -0.453 e. The van der Waals surface area contributed by atoms with Gasteiger partial charge < -0.3 is 4.74 Å². The first-order valence-corrected chi connectivity index (χ1v) is 16.2. The van der Waals surface area contributed by atoms with E-state index in [-0.39, 0.29) is 5.41 Å². The Labute approximate surface area is 269 Å². The van der Waals surface area contributed by atoms with Crippen LogP contribution in [-0.4, -0.2) is 9.97 Å². The van der Waals surface area contributed by atoms with E-state index >= 15 is 0 Å². The summed E-state index contributed by atoms with van der Waals surface area (Å²) in [5.74, 6) is 2.86. The Kier molecular flexibility index (Phi) is 9.11. The van der Waals surface area contributed by atoms with E-state index in [2.05, 4.69) is 125 Å². The summed E-state index contributed by atoms with van der Waals surface area (Å²) >= 11 is 0. The number of nitrogens with zero attached hydrogens (tertiary/aromatic N) is 2. The molecule has 7 rings (SSSR count). The lowest BCUT2D eigenvalue weighted by molar-refractivity contribution is 0.481. The normalized spacial score (nSPS) is 13.9. The van der Waals surface area contributed by atoms with Gasteiger partial charge in [0.1, 0.15) is 17.3 Å². The summed E-state index contributed by atoms with van der Waals surface area (Å²) in [6, 6.07) is 25.9. The molecule has 0 unspecified atom stereocenters. The third-order valence-electron chi connectivity index (χ3n) is 8.93. The van der Waals surface area contributed by atoms with Crippen molar-refractivity contribution >= 4 is 16.3 Å². The minimum absolute atomic E-state index is 0.0787. The fraction of sp³-hybridized carbons (Fsp3) is 0.286. The number of benzene rings is 4. The molecule has 1 aliphatic carbocycles. The van der Waals surface area contributed by atoms with Gasteiger partial charge in [-0.05, 0) is 89.6 Å². The molecule has 0 saturated carbocycles. The highest BCUT2D eigenvalue weighted by Gasteiger charge is 2.36. The van der Waals surface area contributed by atoms with Crippen LogP contribution in [0, 0.1) is 19.8 Å². The van der Waals surface area contributed by atoms with Crippen molar-refractivity contribution < 1.29 is 4.74 Å². The molecule has 0 atom stereocenters. The maximum absolute atomic E-state index is 5.88. The van der Waals surface area contributed by atoms with Crippen LogP contribution in [-0.2, 0) is 5.41 Å². The molecule has 45 heavy (non-hydrogen) atoms. The van der Waals surface area contributed by atoms with Crippen molar-refractivity contribution in [2.45, 2.75) is 74.7 Å². The number of rotatable bonds is 3. The van der Waals surface area contributed by atoms with Gasteiger partial charge in [0.2, 0.25) is 0 Å². The van der Waals surface area contributed by atoms with E-state index in [0.29, 0.717) is 5.92 Å². The number of hydrogen-bond acceptors (Lipinski definition) is 3. The van der Waals surface area contributed by atoms with Crippen LogP contribution in [0.4, 0.5) is 0 Å². The predicted molar refractivity (Wildman–Crippen MR) is 192 cm³/mol. The smallest absolute Gasteiger partial charge is 0.172 e. The van der Waals surface area contributed by atoms with Crippen LogP contribution in [0.25, 0.3) is 38.7 Å². The Balaban J connectivity index is 0.000000176. The highest BCUT2D eigenvalue weighted by molar-refractivity contribution is 6.03. The summed E-state index contributed by atoms with van der Waals surface area (Å²) in [4.78, 5) is 8.69. The van der Waals surface area contributed by atoms with Crippen LogP contribution in [0.2, 0.25) is 0 Å². The second-order valence-electron chi connectivity index (χ2n) is 12.5. The molecular formula is C42H46N2O. The van der Waals surface area contributed by atoms with Crippen LogP contribution in [0.3, 0.4) is 0 Å². The Morgan fingerprint density at radius 2 is 1.51 bits per heavy atom. The number of aromatic nitrogens is 2. The number of ether oxygens (including phenoxy) is 1. The SMILES string of the molecule is C/C=C\C(C)=C(\c1ccc2c(c1C)-c1ccccc1C2(C)C)C(C)C.CC.Cc1ncc2c(n1)-c1cccc3cccc(c13)O2. The molecule has 1 aromatic heterocycles. The van der Waals surface area contributed by atoms with E-state index in [9.17, 15) is 0 Å². The van der Waals surface area contributed by atoms with Gasteiger partial charge in [0.05, 0.1) is 6.20 Å². The molecule has 2 aliphatic rings. The lowest BCUT2D eigenvalue weighted by Gasteiger charge is -2.23. The van der Waals surface area contributed by atoms with Crippen LogP contribution in [0.15, 0.2) is 96.7 Å². The van der Waals surface area contributed by atoms with Gasteiger partial charge in [0, 0.05) is 16.4 Å². The van der Waals surface area contributed by atoms with Crippen molar-refractivity contribution in [3.8, 4) is 33.9 Å². The van der Waals surface area contributed by atoms with Crippen molar-refractivity contribution in [1.82, 2.24) is 9.97 Å². The summed E-state index contributed by atoms with van der Waals surface area (Å²) in [5.41, 5.74) is 13.5. The minimum atomic E-state index is 0.0787. The molecule has 230 valence electrons. The molecule has 4 aromatic carbocycles. The maximum atomic E-state index is 5.88. The standard InChI is InChI=1S/C25H30.C15H10N2O.C2H6/c1-8-11-17(4)23(16(2)3)19-14-15-22-24(18(19)5)20-12-9-10-13-21(20)25(22,6)7;1-9-16-8-13-15(17-9)11-6-2-4-10-5-3-7-12(18-13)14(10)11;1-2/h8-16H,1-7H3;2-8H,1H3;1-2H3/b11-8-,23-17+;;. The fourth-order valence-corrected chi connectivity index (χ4v) is 7.02. The van der Waals surface area contributed by atoms with Gasteiger partial charge in [-0.25, -0.2) is 9.97 Å². The first kappa shape index (κ1) is 31.9. The molecule has 3 heteroatoms. The second-order valence-corrected chi connectivity index (χ2v) is 12.5. The first-order valence-electron chi connectivity index (χ1n) is 16.2. The summed E-state index contributed by atoms with van der Waals surface area (Å²) in [6.07, 6.45) is 6.12.